The first-order chi connectivity index (χ1) is 7.86. The van der Waals surface area contributed by atoms with Crippen LogP contribution in [-0.4, -0.2) is 18.1 Å². The Kier molecular flexibility index (Phi) is 2.33. The van der Waals surface area contributed by atoms with Crippen LogP contribution in [0, 0.1) is 0 Å². The summed E-state index contributed by atoms with van der Waals surface area (Å²) in [6, 6.07) is 9.04. The van der Waals surface area contributed by atoms with Gasteiger partial charge in [0.1, 0.15) is 5.75 Å². The average Bonchev–Trinajstić information content (AvgIpc) is 3.04. The van der Waals surface area contributed by atoms with Crippen molar-refractivity contribution in [3.05, 3.63) is 30.0 Å². The third-order valence-electron chi connectivity index (χ3n) is 3.05. The number of nitrogens with one attached hydrogen (secondary N) is 2. The number of methoxy groups -OCH3 is 1. The van der Waals surface area contributed by atoms with Crippen LogP contribution < -0.4 is 10.1 Å². The highest BCUT2D eigenvalue weighted by Crippen LogP contribution is 2.26. The molecule has 2 N–H and O–H groups in total. The average molecular weight is 216 g/mol. The van der Waals surface area contributed by atoms with Crippen LogP contribution in [0.3, 0.4) is 0 Å². The van der Waals surface area contributed by atoms with E-state index < -0.39 is 0 Å². The Morgan fingerprint density at radius 2 is 2.31 bits per heavy atom. The van der Waals surface area contributed by atoms with Crippen LogP contribution in [0.1, 0.15) is 18.5 Å². The molecule has 1 aromatic carbocycles. The SMILES string of the molecule is COc1cccc2cc(CNC3CC3)[nH]c12. The van der Waals surface area contributed by atoms with Gasteiger partial charge in [0.15, 0.2) is 0 Å². The summed E-state index contributed by atoms with van der Waals surface area (Å²) in [5, 5.41) is 4.71. The van der Waals surface area contributed by atoms with E-state index in [1.54, 1.807) is 7.11 Å². The van der Waals surface area contributed by atoms with Crippen molar-refractivity contribution >= 4 is 10.9 Å². The molecule has 0 unspecified atom stereocenters. The van der Waals surface area contributed by atoms with Crippen molar-refractivity contribution in [2.45, 2.75) is 25.4 Å². The van der Waals surface area contributed by atoms with Gasteiger partial charge in [0.25, 0.3) is 0 Å². The summed E-state index contributed by atoms with van der Waals surface area (Å²) in [6.45, 7) is 0.919. The summed E-state index contributed by atoms with van der Waals surface area (Å²) in [7, 11) is 1.71. The van der Waals surface area contributed by atoms with E-state index in [2.05, 4.69) is 22.4 Å². The zero-order chi connectivity index (χ0) is 11.0. The molecule has 84 valence electrons. The Labute approximate surface area is 94.8 Å². The molecule has 3 rings (SSSR count). The quantitative estimate of drug-likeness (QED) is 0.823. The van der Waals surface area contributed by atoms with Crippen molar-refractivity contribution in [1.29, 1.82) is 0 Å². The molecule has 1 aliphatic rings. The van der Waals surface area contributed by atoms with Gasteiger partial charge < -0.3 is 15.0 Å². The van der Waals surface area contributed by atoms with E-state index in [1.165, 1.54) is 23.9 Å². The molecule has 0 bridgehead atoms. The van der Waals surface area contributed by atoms with Crippen molar-refractivity contribution in [3.63, 3.8) is 0 Å². The van der Waals surface area contributed by atoms with E-state index in [1.807, 2.05) is 12.1 Å². The van der Waals surface area contributed by atoms with Crippen molar-refractivity contribution < 1.29 is 4.74 Å². The molecular weight excluding hydrogens is 200 g/mol. The van der Waals surface area contributed by atoms with Crippen molar-refractivity contribution in [2.24, 2.45) is 0 Å². The number of ether oxygens (including phenoxy) is 1. The lowest BCUT2D eigenvalue weighted by molar-refractivity contribution is 0.419. The van der Waals surface area contributed by atoms with Gasteiger partial charge in [-0.3, -0.25) is 0 Å². The van der Waals surface area contributed by atoms with Gasteiger partial charge in [-0.05, 0) is 25.0 Å². The Morgan fingerprint density at radius 3 is 3.06 bits per heavy atom. The van der Waals surface area contributed by atoms with Crippen LogP contribution in [0.5, 0.6) is 5.75 Å². The Bertz CT molecular complexity index is 500. The second-order valence-electron chi connectivity index (χ2n) is 4.37. The van der Waals surface area contributed by atoms with E-state index in [9.17, 15) is 0 Å². The standard InChI is InChI=1S/C13H16N2O/c1-16-12-4-2-3-9-7-11(15-13(9)12)8-14-10-5-6-10/h2-4,7,10,14-15H,5-6,8H2,1H3. The molecule has 1 aliphatic carbocycles. The molecule has 0 saturated heterocycles. The zero-order valence-electron chi connectivity index (χ0n) is 9.42. The highest BCUT2D eigenvalue weighted by atomic mass is 16.5. The largest absolute Gasteiger partial charge is 0.495 e. The van der Waals surface area contributed by atoms with E-state index in [0.717, 1.165) is 23.9 Å². The number of benzene rings is 1. The first-order valence-electron chi connectivity index (χ1n) is 5.75. The van der Waals surface area contributed by atoms with Crippen LogP contribution in [0.15, 0.2) is 24.3 Å². The maximum Gasteiger partial charge on any atom is 0.142 e. The van der Waals surface area contributed by atoms with Crippen LogP contribution in [0.4, 0.5) is 0 Å². The van der Waals surface area contributed by atoms with Crippen LogP contribution >= 0.6 is 0 Å². The van der Waals surface area contributed by atoms with Crippen LogP contribution in [0.2, 0.25) is 0 Å². The molecule has 0 amide bonds. The van der Waals surface area contributed by atoms with E-state index in [-0.39, 0.29) is 0 Å². The zero-order valence-corrected chi connectivity index (χ0v) is 9.42. The highest BCUT2D eigenvalue weighted by Gasteiger charge is 2.20. The van der Waals surface area contributed by atoms with Crippen molar-refractivity contribution in [1.82, 2.24) is 10.3 Å². The molecule has 1 saturated carbocycles. The highest BCUT2D eigenvalue weighted by molar-refractivity contribution is 5.86. The minimum Gasteiger partial charge on any atom is -0.495 e. The predicted molar refractivity (Wildman–Crippen MR) is 64.7 cm³/mol. The van der Waals surface area contributed by atoms with Gasteiger partial charge in [0.2, 0.25) is 0 Å². The van der Waals surface area contributed by atoms with Crippen molar-refractivity contribution in [2.75, 3.05) is 7.11 Å². The van der Waals surface area contributed by atoms with Gasteiger partial charge in [-0.1, -0.05) is 12.1 Å². The minimum absolute atomic E-state index is 0.744. The summed E-state index contributed by atoms with van der Waals surface area (Å²) in [4.78, 5) is 3.41. The maximum absolute atomic E-state index is 5.33. The second kappa shape index (κ2) is 3.83. The van der Waals surface area contributed by atoms with Crippen molar-refractivity contribution in [3.8, 4) is 5.75 Å². The summed E-state index contributed by atoms with van der Waals surface area (Å²) in [6.07, 6.45) is 2.65. The number of rotatable bonds is 4. The fraction of sp³-hybridized carbons (Fsp3) is 0.385. The van der Waals surface area contributed by atoms with E-state index >= 15 is 0 Å². The van der Waals surface area contributed by atoms with Gasteiger partial charge >= 0.3 is 0 Å². The summed E-state index contributed by atoms with van der Waals surface area (Å²) in [5.41, 5.74) is 2.32. The van der Waals surface area contributed by atoms with E-state index in [4.69, 9.17) is 4.74 Å². The lowest BCUT2D eigenvalue weighted by Crippen LogP contribution is -2.15. The number of hydrogen-bond acceptors (Lipinski definition) is 2. The molecule has 0 atom stereocenters. The predicted octanol–water partition coefficient (Wildman–Crippen LogP) is 2.43. The molecule has 1 aromatic heterocycles. The second-order valence-corrected chi connectivity index (χ2v) is 4.37. The first kappa shape index (κ1) is 9.73. The summed E-state index contributed by atoms with van der Waals surface area (Å²) < 4.78 is 5.33. The molecular formula is C13H16N2O. The number of H-pyrrole nitrogens is 1. The van der Waals surface area contributed by atoms with Crippen LogP contribution in [-0.2, 0) is 6.54 Å². The first-order valence-corrected chi connectivity index (χ1v) is 5.75. The molecule has 1 heterocycles. The Hall–Kier alpha value is -1.48. The fourth-order valence-electron chi connectivity index (χ4n) is 1.99. The van der Waals surface area contributed by atoms with Gasteiger partial charge in [-0.2, -0.15) is 0 Å². The van der Waals surface area contributed by atoms with Gasteiger partial charge in [-0.25, -0.2) is 0 Å². The monoisotopic (exact) mass is 216 g/mol. The lowest BCUT2D eigenvalue weighted by atomic mass is 10.2. The van der Waals surface area contributed by atoms with Crippen LogP contribution in [0.25, 0.3) is 10.9 Å². The van der Waals surface area contributed by atoms with Gasteiger partial charge in [-0.15, -0.1) is 0 Å². The molecule has 0 radical (unpaired) electrons. The van der Waals surface area contributed by atoms with Gasteiger partial charge in [0.05, 0.1) is 12.6 Å². The number of fused-ring (bicyclic) bond motifs is 1. The number of para-hydroxylation sites is 1. The number of aromatic nitrogens is 1. The molecule has 2 aromatic rings. The maximum atomic E-state index is 5.33. The Balaban J connectivity index is 1.88. The molecule has 0 aliphatic heterocycles. The van der Waals surface area contributed by atoms with E-state index in [0.29, 0.717) is 0 Å². The smallest absolute Gasteiger partial charge is 0.142 e. The lowest BCUT2D eigenvalue weighted by Gasteiger charge is -2.00. The Morgan fingerprint density at radius 1 is 1.44 bits per heavy atom. The summed E-state index contributed by atoms with van der Waals surface area (Å²) in [5.74, 6) is 0.912. The molecule has 3 nitrogen and oxygen atoms in total. The third kappa shape index (κ3) is 1.78. The molecule has 16 heavy (non-hydrogen) atoms. The summed E-state index contributed by atoms with van der Waals surface area (Å²) >= 11 is 0. The van der Waals surface area contributed by atoms with Gasteiger partial charge in [0, 0.05) is 23.7 Å². The number of hydrogen-bond donors (Lipinski definition) is 2. The fourth-order valence-corrected chi connectivity index (χ4v) is 1.99. The normalized spacial score (nSPS) is 15.6. The topological polar surface area (TPSA) is 37.0 Å². The third-order valence-corrected chi connectivity index (χ3v) is 3.05. The number of aromatic amines is 1. The molecule has 0 spiro atoms. The minimum atomic E-state index is 0.744. The molecule has 1 fully saturated rings. The molecule has 3 heteroatoms.